The number of allylic oxidation sites excluding steroid dienone is 2. The van der Waals surface area contributed by atoms with E-state index in [1.54, 1.807) is 10.7 Å². The molecule has 0 radical (unpaired) electrons. The number of nitrogens with one attached hydrogen (secondary N) is 1. The van der Waals surface area contributed by atoms with E-state index in [2.05, 4.69) is 34.7 Å². The zero-order valence-electron chi connectivity index (χ0n) is 14.6. The number of aromatic hydroxyl groups is 1. The van der Waals surface area contributed by atoms with Crippen LogP contribution < -0.4 is 10.1 Å². The molecule has 0 bridgehead atoms. The predicted molar refractivity (Wildman–Crippen MR) is 102 cm³/mol. The van der Waals surface area contributed by atoms with E-state index in [1.807, 2.05) is 28.7 Å². The second-order valence-corrected chi connectivity index (χ2v) is 8.52. The highest BCUT2D eigenvalue weighted by molar-refractivity contribution is 14.1. The van der Waals surface area contributed by atoms with E-state index < -0.39 is 6.04 Å². The molecule has 0 saturated heterocycles. The highest BCUT2D eigenvalue weighted by Crippen LogP contribution is 2.46. The highest BCUT2D eigenvalue weighted by Gasteiger charge is 2.42. The van der Waals surface area contributed by atoms with Gasteiger partial charge in [-0.2, -0.15) is 4.68 Å². The van der Waals surface area contributed by atoms with Crippen LogP contribution in [-0.4, -0.2) is 38.2 Å². The van der Waals surface area contributed by atoms with E-state index in [-0.39, 0.29) is 16.9 Å². The maximum absolute atomic E-state index is 13.0. The van der Waals surface area contributed by atoms with Gasteiger partial charge in [-0.1, -0.05) is 18.9 Å². The van der Waals surface area contributed by atoms with Crippen molar-refractivity contribution in [3.63, 3.8) is 0 Å². The Bertz CT molecular complexity index is 950. The molecule has 1 aliphatic carbocycles. The Balaban J connectivity index is 1.93. The quantitative estimate of drug-likeness (QED) is 0.655. The summed E-state index contributed by atoms with van der Waals surface area (Å²) in [5.74, 6) is 1.01. The number of Topliss-reactive ketones (excluding diaryl/α,β-unsaturated/α-hetero) is 1. The van der Waals surface area contributed by atoms with Gasteiger partial charge in [-0.3, -0.25) is 4.79 Å². The third-order valence-electron chi connectivity index (χ3n) is 4.78. The zero-order chi connectivity index (χ0) is 18.6. The van der Waals surface area contributed by atoms with Gasteiger partial charge in [0, 0.05) is 17.7 Å². The van der Waals surface area contributed by atoms with Crippen molar-refractivity contribution in [2.75, 3.05) is 12.4 Å². The smallest absolute Gasteiger partial charge is 0.248 e. The van der Waals surface area contributed by atoms with Gasteiger partial charge in [0.1, 0.15) is 6.04 Å². The number of hydrogen-bond donors (Lipinski definition) is 2. The number of aromatic nitrogens is 4. The fraction of sp³-hybridized carbons (Fsp3) is 0.412. The van der Waals surface area contributed by atoms with Crippen LogP contribution in [0.3, 0.4) is 0 Å². The van der Waals surface area contributed by atoms with Crippen molar-refractivity contribution in [3.8, 4) is 11.5 Å². The summed E-state index contributed by atoms with van der Waals surface area (Å²) in [6, 6.07) is 3.11. The second-order valence-electron chi connectivity index (χ2n) is 7.36. The van der Waals surface area contributed by atoms with Crippen molar-refractivity contribution < 1.29 is 14.6 Å². The topological polar surface area (TPSA) is 102 Å². The third kappa shape index (κ3) is 2.65. The van der Waals surface area contributed by atoms with E-state index in [1.165, 1.54) is 7.11 Å². The monoisotopic (exact) mass is 467 g/mol. The largest absolute Gasteiger partial charge is 0.504 e. The Kier molecular flexibility index (Phi) is 3.94. The number of rotatable bonds is 2. The summed E-state index contributed by atoms with van der Waals surface area (Å²) in [7, 11) is 1.50. The molecule has 9 heteroatoms. The van der Waals surface area contributed by atoms with Gasteiger partial charge in [0.25, 0.3) is 0 Å². The Morgan fingerprint density at radius 3 is 2.88 bits per heavy atom. The molecular weight excluding hydrogens is 449 g/mol. The number of phenols is 1. The van der Waals surface area contributed by atoms with Crippen LogP contribution in [0.4, 0.5) is 5.95 Å². The molecule has 1 aromatic carbocycles. The van der Waals surface area contributed by atoms with Crippen LogP contribution in [0.25, 0.3) is 0 Å². The lowest BCUT2D eigenvalue weighted by Crippen LogP contribution is -2.36. The van der Waals surface area contributed by atoms with Gasteiger partial charge in [-0.25, -0.2) is 0 Å². The van der Waals surface area contributed by atoms with Gasteiger partial charge >= 0.3 is 0 Å². The third-order valence-corrected chi connectivity index (χ3v) is 5.60. The Morgan fingerprint density at radius 1 is 1.38 bits per heavy atom. The first kappa shape index (κ1) is 17.3. The number of fused-ring (bicyclic) bond motifs is 1. The number of benzene rings is 1. The molecule has 26 heavy (non-hydrogen) atoms. The van der Waals surface area contributed by atoms with Gasteiger partial charge < -0.3 is 15.2 Å². The van der Waals surface area contributed by atoms with Crippen LogP contribution in [0.5, 0.6) is 11.5 Å². The minimum atomic E-state index is -0.456. The molecule has 2 N–H and O–H groups in total. The molecule has 4 rings (SSSR count). The fourth-order valence-corrected chi connectivity index (χ4v) is 4.31. The minimum Gasteiger partial charge on any atom is -0.504 e. The first-order valence-corrected chi connectivity index (χ1v) is 9.26. The number of halogens is 1. The van der Waals surface area contributed by atoms with E-state index in [9.17, 15) is 9.90 Å². The average Bonchev–Trinajstić information content (AvgIpc) is 3.02. The van der Waals surface area contributed by atoms with Crippen LogP contribution >= 0.6 is 22.6 Å². The normalized spacial score (nSPS) is 21.1. The molecule has 8 nitrogen and oxygen atoms in total. The molecule has 0 amide bonds. The number of anilines is 1. The molecule has 2 aromatic rings. The molecular formula is C17H18IN5O3. The number of nitrogens with zero attached hydrogens (tertiary/aromatic N) is 4. The number of hydrogen-bond acceptors (Lipinski definition) is 7. The zero-order valence-corrected chi connectivity index (χ0v) is 16.7. The standard InChI is InChI=1S/C17H18IN5O3/c1-17(2)6-10-13(11(24)7-17)14(23-16(19-10)20-21-22-23)8-4-9(18)15(25)12(5-8)26-3/h4-5,14,25H,6-7H2,1-3H3,(H,19,20,22). The number of methoxy groups -OCH3 is 1. The summed E-state index contributed by atoms with van der Waals surface area (Å²) < 4.78 is 7.53. The van der Waals surface area contributed by atoms with Gasteiger partial charge in [0.05, 0.1) is 10.7 Å². The van der Waals surface area contributed by atoms with E-state index >= 15 is 0 Å². The van der Waals surface area contributed by atoms with Gasteiger partial charge in [0.2, 0.25) is 5.95 Å². The van der Waals surface area contributed by atoms with Gasteiger partial charge in [0.15, 0.2) is 17.3 Å². The molecule has 0 saturated carbocycles. The molecule has 0 spiro atoms. The molecule has 1 atom stereocenters. The minimum absolute atomic E-state index is 0.0769. The summed E-state index contributed by atoms with van der Waals surface area (Å²) in [6.45, 7) is 4.16. The lowest BCUT2D eigenvalue weighted by atomic mass is 9.73. The van der Waals surface area contributed by atoms with E-state index in [4.69, 9.17) is 4.74 Å². The molecule has 2 aliphatic rings. The Hall–Kier alpha value is -2.17. The van der Waals surface area contributed by atoms with Crippen molar-refractivity contribution in [1.82, 2.24) is 20.2 Å². The van der Waals surface area contributed by atoms with Crippen molar-refractivity contribution in [2.45, 2.75) is 32.7 Å². The van der Waals surface area contributed by atoms with Crippen LogP contribution in [-0.2, 0) is 4.79 Å². The van der Waals surface area contributed by atoms with Crippen LogP contribution in [0.15, 0.2) is 23.4 Å². The summed E-state index contributed by atoms with van der Waals surface area (Å²) in [6.07, 6.45) is 1.21. The molecule has 1 aromatic heterocycles. The first-order chi connectivity index (χ1) is 12.3. The van der Waals surface area contributed by atoms with Crippen LogP contribution in [0, 0.1) is 8.99 Å². The summed E-state index contributed by atoms with van der Waals surface area (Å²) in [5.41, 5.74) is 2.21. The van der Waals surface area contributed by atoms with E-state index in [0.29, 0.717) is 27.3 Å². The maximum atomic E-state index is 13.0. The summed E-state index contributed by atoms with van der Waals surface area (Å²) >= 11 is 2.04. The van der Waals surface area contributed by atoms with Crippen LogP contribution in [0.1, 0.15) is 38.3 Å². The Morgan fingerprint density at radius 2 is 2.15 bits per heavy atom. The molecule has 2 heterocycles. The van der Waals surface area contributed by atoms with Gasteiger partial charge in [-0.15, -0.1) is 0 Å². The first-order valence-electron chi connectivity index (χ1n) is 8.18. The summed E-state index contributed by atoms with van der Waals surface area (Å²) in [4.78, 5) is 13.0. The van der Waals surface area contributed by atoms with Crippen molar-refractivity contribution in [1.29, 1.82) is 0 Å². The SMILES string of the molecule is COc1cc(C2C3=C(CC(C)(C)CC3=O)Nc3nnnn32)cc(I)c1O. The van der Waals surface area contributed by atoms with E-state index in [0.717, 1.165) is 17.7 Å². The fourth-order valence-electron chi connectivity index (χ4n) is 3.69. The number of carbonyl (C=O) groups excluding carboxylic acids is 1. The molecule has 1 aliphatic heterocycles. The number of ketones is 1. The summed E-state index contributed by atoms with van der Waals surface area (Å²) in [5, 5.41) is 25.3. The van der Waals surface area contributed by atoms with Crippen molar-refractivity contribution in [3.05, 3.63) is 32.5 Å². The predicted octanol–water partition coefficient (Wildman–Crippen LogP) is 2.65. The van der Waals surface area contributed by atoms with Crippen LogP contribution in [0.2, 0.25) is 0 Å². The highest BCUT2D eigenvalue weighted by atomic mass is 127. The Labute approximate surface area is 163 Å². The lowest BCUT2D eigenvalue weighted by molar-refractivity contribution is -0.118. The molecule has 1 unspecified atom stereocenters. The maximum Gasteiger partial charge on any atom is 0.248 e. The molecule has 0 fully saturated rings. The van der Waals surface area contributed by atoms with Crippen molar-refractivity contribution >= 4 is 34.3 Å². The average molecular weight is 467 g/mol. The number of ether oxygens (including phenoxy) is 1. The number of carbonyl (C=O) groups is 1. The molecule has 136 valence electrons. The lowest BCUT2D eigenvalue weighted by Gasteiger charge is -2.37. The number of tetrazole rings is 1. The van der Waals surface area contributed by atoms with Gasteiger partial charge in [-0.05, 0) is 62.5 Å². The number of phenolic OH excluding ortho intramolecular Hbond substituents is 1. The van der Waals surface area contributed by atoms with Crippen molar-refractivity contribution in [2.24, 2.45) is 5.41 Å². The second kappa shape index (κ2) is 5.93.